The van der Waals surface area contributed by atoms with E-state index in [-0.39, 0.29) is 23.9 Å². The van der Waals surface area contributed by atoms with Crippen LogP contribution in [0.4, 0.5) is 0 Å². The van der Waals surface area contributed by atoms with Gasteiger partial charge in [0.05, 0.1) is 0 Å². The van der Waals surface area contributed by atoms with Crippen molar-refractivity contribution in [3.05, 3.63) is 35.0 Å². The molecule has 1 aliphatic carbocycles. The molecule has 1 aromatic heterocycles. The first-order chi connectivity index (χ1) is 13.0. The zero-order chi connectivity index (χ0) is 19.4. The highest BCUT2D eigenvalue weighted by Gasteiger charge is 2.25. The average molecular weight is 370 g/mol. The molecule has 1 fully saturated rings. The summed E-state index contributed by atoms with van der Waals surface area (Å²) in [7, 11) is 0. The minimum Gasteiger partial charge on any atom is -0.353 e. The van der Waals surface area contributed by atoms with Gasteiger partial charge in [0.15, 0.2) is 0 Å². The standard InChI is InChI=1S/C21H30N4O2/c1-3-16-17-6-4-5-13(2)19(17)25-20(16)21(27)24-15-9-7-14(8-10-15)23-18(26)11-12-22/h4-6,14-15,25H,3,7-12,22H2,1-2H3,(H,23,26)(H,24,27). The molecular formula is C21H30N4O2. The van der Waals surface area contributed by atoms with Crippen LogP contribution in [0.15, 0.2) is 18.2 Å². The summed E-state index contributed by atoms with van der Waals surface area (Å²) in [5, 5.41) is 7.35. The fourth-order valence-corrected chi connectivity index (χ4v) is 4.05. The molecule has 0 spiro atoms. The van der Waals surface area contributed by atoms with E-state index in [0.29, 0.717) is 18.7 Å². The number of aromatic nitrogens is 1. The number of carbonyl (C=O) groups excluding carboxylic acids is 2. The summed E-state index contributed by atoms with van der Waals surface area (Å²) in [4.78, 5) is 27.9. The fraction of sp³-hybridized carbons (Fsp3) is 0.524. The van der Waals surface area contributed by atoms with Gasteiger partial charge in [-0.25, -0.2) is 0 Å². The number of benzene rings is 1. The van der Waals surface area contributed by atoms with Gasteiger partial charge in [-0.15, -0.1) is 0 Å². The van der Waals surface area contributed by atoms with Crippen molar-refractivity contribution in [1.82, 2.24) is 15.6 Å². The molecule has 0 atom stereocenters. The second-order valence-electron chi connectivity index (χ2n) is 7.46. The van der Waals surface area contributed by atoms with Gasteiger partial charge in [0.1, 0.15) is 5.69 Å². The highest BCUT2D eigenvalue weighted by atomic mass is 16.2. The summed E-state index contributed by atoms with van der Waals surface area (Å²) < 4.78 is 0. The Hall–Kier alpha value is -2.34. The lowest BCUT2D eigenvalue weighted by Crippen LogP contribution is -2.44. The van der Waals surface area contributed by atoms with Gasteiger partial charge in [0.2, 0.25) is 5.91 Å². The van der Waals surface area contributed by atoms with E-state index in [1.807, 2.05) is 6.07 Å². The Balaban J connectivity index is 1.63. The lowest BCUT2D eigenvalue weighted by molar-refractivity contribution is -0.121. The van der Waals surface area contributed by atoms with Crippen molar-refractivity contribution in [3.63, 3.8) is 0 Å². The number of hydrogen-bond acceptors (Lipinski definition) is 3. The van der Waals surface area contributed by atoms with E-state index in [1.165, 1.54) is 0 Å². The van der Waals surface area contributed by atoms with Crippen LogP contribution in [0.25, 0.3) is 10.9 Å². The largest absolute Gasteiger partial charge is 0.353 e. The number of hydrogen-bond donors (Lipinski definition) is 4. The molecule has 1 saturated carbocycles. The molecule has 0 aliphatic heterocycles. The molecule has 2 aromatic rings. The van der Waals surface area contributed by atoms with E-state index in [0.717, 1.165) is 54.1 Å². The Morgan fingerprint density at radius 1 is 1.15 bits per heavy atom. The van der Waals surface area contributed by atoms with Crippen molar-refractivity contribution in [2.24, 2.45) is 5.73 Å². The SMILES string of the molecule is CCc1c(C(=O)NC2CCC(NC(=O)CCN)CC2)[nH]c2c(C)cccc12. The average Bonchev–Trinajstić information content (AvgIpc) is 3.04. The second kappa shape index (κ2) is 8.57. The zero-order valence-electron chi connectivity index (χ0n) is 16.2. The third kappa shape index (κ3) is 4.33. The number of H-pyrrole nitrogens is 1. The molecule has 0 unspecified atom stereocenters. The lowest BCUT2D eigenvalue weighted by Gasteiger charge is -2.29. The predicted molar refractivity (Wildman–Crippen MR) is 108 cm³/mol. The molecule has 5 N–H and O–H groups in total. The van der Waals surface area contributed by atoms with E-state index < -0.39 is 0 Å². The molecule has 6 heteroatoms. The number of aryl methyl sites for hydroxylation is 2. The van der Waals surface area contributed by atoms with Gasteiger partial charge in [0.25, 0.3) is 5.91 Å². The molecule has 6 nitrogen and oxygen atoms in total. The maximum absolute atomic E-state index is 12.9. The minimum absolute atomic E-state index is 0.0195. The monoisotopic (exact) mass is 370 g/mol. The zero-order valence-corrected chi connectivity index (χ0v) is 16.2. The van der Waals surface area contributed by atoms with Crippen LogP contribution < -0.4 is 16.4 Å². The highest BCUT2D eigenvalue weighted by Crippen LogP contribution is 2.26. The van der Waals surface area contributed by atoms with Crippen LogP contribution >= 0.6 is 0 Å². The van der Waals surface area contributed by atoms with Crippen LogP contribution in [0.5, 0.6) is 0 Å². The first-order valence-corrected chi connectivity index (χ1v) is 9.94. The number of para-hydroxylation sites is 1. The molecule has 2 amide bonds. The number of aromatic amines is 1. The van der Waals surface area contributed by atoms with Gasteiger partial charge in [-0.05, 0) is 50.2 Å². The van der Waals surface area contributed by atoms with Crippen molar-refractivity contribution in [2.45, 2.75) is 64.5 Å². The molecule has 0 bridgehead atoms. The molecule has 0 radical (unpaired) electrons. The summed E-state index contributed by atoms with van der Waals surface area (Å²) in [5.74, 6) is -0.0101. The summed E-state index contributed by atoms with van der Waals surface area (Å²) in [6, 6.07) is 6.51. The van der Waals surface area contributed by atoms with E-state index in [4.69, 9.17) is 5.73 Å². The topological polar surface area (TPSA) is 100 Å². The van der Waals surface area contributed by atoms with Crippen molar-refractivity contribution in [2.75, 3.05) is 6.54 Å². The van der Waals surface area contributed by atoms with Crippen molar-refractivity contribution in [3.8, 4) is 0 Å². The summed E-state index contributed by atoms with van der Waals surface area (Å²) in [5.41, 5.74) is 9.37. The number of fused-ring (bicyclic) bond motifs is 1. The summed E-state index contributed by atoms with van der Waals surface area (Å²) in [6.07, 6.45) is 4.70. The van der Waals surface area contributed by atoms with Gasteiger partial charge in [-0.1, -0.05) is 25.1 Å². The van der Waals surface area contributed by atoms with E-state index >= 15 is 0 Å². The number of nitrogens with two attached hydrogens (primary N) is 1. The van der Waals surface area contributed by atoms with E-state index in [9.17, 15) is 9.59 Å². The lowest BCUT2D eigenvalue weighted by atomic mass is 9.91. The first-order valence-electron chi connectivity index (χ1n) is 9.94. The molecule has 1 aliphatic rings. The summed E-state index contributed by atoms with van der Waals surface area (Å²) >= 11 is 0. The normalized spacial score (nSPS) is 19.8. The Kier molecular flexibility index (Phi) is 6.16. The quantitative estimate of drug-likeness (QED) is 0.629. The van der Waals surface area contributed by atoms with Crippen molar-refractivity contribution >= 4 is 22.7 Å². The molecule has 1 aromatic carbocycles. The van der Waals surface area contributed by atoms with Gasteiger partial charge in [0, 0.05) is 36.0 Å². The van der Waals surface area contributed by atoms with Gasteiger partial charge >= 0.3 is 0 Å². The smallest absolute Gasteiger partial charge is 0.268 e. The van der Waals surface area contributed by atoms with Gasteiger partial charge in [-0.2, -0.15) is 0 Å². The maximum Gasteiger partial charge on any atom is 0.268 e. The maximum atomic E-state index is 12.9. The summed E-state index contributed by atoms with van der Waals surface area (Å²) in [6.45, 7) is 4.51. The Labute approximate surface area is 160 Å². The van der Waals surface area contributed by atoms with Crippen LogP contribution in [-0.2, 0) is 11.2 Å². The molecule has 27 heavy (non-hydrogen) atoms. The molecular weight excluding hydrogens is 340 g/mol. The van der Waals surface area contributed by atoms with Crippen LogP contribution in [-0.4, -0.2) is 35.4 Å². The van der Waals surface area contributed by atoms with Gasteiger partial charge in [-0.3, -0.25) is 9.59 Å². The first kappa shape index (κ1) is 19.4. The molecule has 3 rings (SSSR count). The number of rotatable bonds is 6. The van der Waals surface area contributed by atoms with Crippen LogP contribution in [0.1, 0.15) is 60.6 Å². The third-order valence-electron chi connectivity index (χ3n) is 5.53. The fourth-order valence-electron chi connectivity index (χ4n) is 4.05. The predicted octanol–water partition coefficient (Wildman–Crippen LogP) is 2.54. The molecule has 146 valence electrons. The second-order valence-corrected chi connectivity index (χ2v) is 7.46. The Morgan fingerprint density at radius 2 is 1.81 bits per heavy atom. The van der Waals surface area contributed by atoms with Crippen LogP contribution in [0.3, 0.4) is 0 Å². The number of carbonyl (C=O) groups is 2. The van der Waals surface area contributed by atoms with Crippen molar-refractivity contribution < 1.29 is 9.59 Å². The Morgan fingerprint density at radius 3 is 2.44 bits per heavy atom. The molecule has 1 heterocycles. The molecule has 0 saturated heterocycles. The van der Waals surface area contributed by atoms with Crippen molar-refractivity contribution in [1.29, 1.82) is 0 Å². The van der Waals surface area contributed by atoms with E-state index in [2.05, 4.69) is 41.6 Å². The van der Waals surface area contributed by atoms with E-state index in [1.54, 1.807) is 0 Å². The Bertz CT molecular complexity index is 819. The van der Waals surface area contributed by atoms with Gasteiger partial charge < -0.3 is 21.4 Å². The number of amides is 2. The van der Waals surface area contributed by atoms with Crippen LogP contribution in [0.2, 0.25) is 0 Å². The number of nitrogens with one attached hydrogen (secondary N) is 3. The van der Waals surface area contributed by atoms with Crippen LogP contribution in [0, 0.1) is 6.92 Å². The third-order valence-corrected chi connectivity index (χ3v) is 5.53. The highest BCUT2D eigenvalue weighted by molar-refractivity contribution is 6.01. The minimum atomic E-state index is -0.0296.